The average molecular weight is 304 g/mol. The van der Waals surface area contributed by atoms with E-state index in [1.165, 1.54) is 11.3 Å². The molecule has 0 saturated carbocycles. The first kappa shape index (κ1) is 13.0. The zero-order chi connectivity index (χ0) is 14.1. The second-order valence-electron chi connectivity index (χ2n) is 4.25. The number of fused-ring (bicyclic) bond motifs is 1. The number of aryl methyl sites for hydroxylation is 1. The topological polar surface area (TPSA) is 80.9 Å². The Bertz CT molecular complexity index is 778. The molecule has 0 aliphatic carbocycles. The lowest BCUT2D eigenvalue weighted by molar-refractivity contribution is 0.0952. The first-order chi connectivity index (χ1) is 9.65. The van der Waals surface area contributed by atoms with Crippen molar-refractivity contribution in [1.82, 2.24) is 15.5 Å². The molecule has 3 N–H and O–H groups in total. The van der Waals surface area contributed by atoms with Gasteiger partial charge in [-0.05, 0) is 13.0 Å². The standard InChI is InChI=1S/C13H12N4OS2/c1-7-11(8-4-2-3-5-9(8)19-7)12(18)15-6-10-16-17-13(14)20-10/h2-5H,6H2,1H3,(H2,14,17)(H,15,18). The van der Waals surface area contributed by atoms with E-state index < -0.39 is 0 Å². The number of hydrogen-bond acceptors (Lipinski definition) is 6. The highest BCUT2D eigenvalue weighted by molar-refractivity contribution is 7.19. The number of nitrogen functional groups attached to an aromatic ring is 1. The van der Waals surface area contributed by atoms with E-state index in [1.54, 1.807) is 11.3 Å². The molecule has 7 heteroatoms. The molecule has 20 heavy (non-hydrogen) atoms. The summed E-state index contributed by atoms with van der Waals surface area (Å²) in [6.45, 7) is 2.31. The molecule has 1 aromatic carbocycles. The molecule has 0 fully saturated rings. The van der Waals surface area contributed by atoms with E-state index in [1.807, 2.05) is 31.2 Å². The number of amides is 1. The third kappa shape index (κ3) is 2.37. The summed E-state index contributed by atoms with van der Waals surface area (Å²) in [5.74, 6) is -0.0891. The monoisotopic (exact) mass is 304 g/mol. The number of carbonyl (C=O) groups excluding carboxylic acids is 1. The summed E-state index contributed by atoms with van der Waals surface area (Å²) in [6.07, 6.45) is 0. The number of aromatic nitrogens is 2. The average Bonchev–Trinajstić information content (AvgIpc) is 2.98. The van der Waals surface area contributed by atoms with Crippen LogP contribution in [-0.4, -0.2) is 16.1 Å². The van der Waals surface area contributed by atoms with E-state index in [0.29, 0.717) is 16.7 Å². The molecule has 0 bridgehead atoms. The lowest BCUT2D eigenvalue weighted by Gasteiger charge is -2.03. The molecule has 2 aromatic heterocycles. The summed E-state index contributed by atoms with van der Waals surface area (Å²) in [5.41, 5.74) is 6.25. The van der Waals surface area contributed by atoms with Crippen LogP contribution in [0.25, 0.3) is 10.1 Å². The predicted molar refractivity (Wildman–Crippen MR) is 82.1 cm³/mol. The minimum absolute atomic E-state index is 0.0891. The number of hydrogen-bond donors (Lipinski definition) is 2. The van der Waals surface area contributed by atoms with Crippen molar-refractivity contribution in [3.63, 3.8) is 0 Å². The number of benzene rings is 1. The van der Waals surface area contributed by atoms with Gasteiger partial charge in [0.1, 0.15) is 5.01 Å². The van der Waals surface area contributed by atoms with Gasteiger partial charge in [-0.2, -0.15) is 0 Å². The minimum Gasteiger partial charge on any atom is -0.374 e. The van der Waals surface area contributed by atoms with Crippen molar-refractivity contribution in [3.05, 3.63) is 39.7 Å². The Morgan fingerprint density at radius 2 is 2.10 bits per heavy atom. The van der Waals surface area contributed by atoms with E-state index in [2.05, 4.69) is 15.5 Å². The Kier molecular flexibility index (Phi) is 3.37. The first-order valence-electron chi connectivity index (χ1n) is 5.99. The quantitative estimate of drug-likeness (QED) is 0.779. The van der Waals surface area contributed by atoms with Gasteiger partial charge in [0, 0.05) is 15.0 Å². The molecule has 3 aromatic rings. The van der Waals surface area contributed by atoms with Gasteiger partial charge >= 0.3 is 0 Å². The maximum Gasteiger partial charge on any atom is 0.253 e. The van der Waals surface area contributed by atoms with E-state index >= 15 is 0 Å². The van der Waals surface area contributed by atoms with Crippen LogP contribution in [0.1, 0.15) is 20.2 Å². The Hall–Kier alpha value is -1.99. The van der Waals surface area contributed by atoms with Gasteiger partial charge in [-0.15, -0.1) is 21.5 Å². The fourth-order valence-corrected chi connectivity index (χ4v) is 3.64. The minimum atomic E-state index is -0.0891. The molecule has 5 nitrogen and oxygen atoms in total. The molecule has 0 unspecified atom stereocenters. The van der Waals surface area contributed by atoms with Gasteiger partial charge in [0.15, 0.2) is 0 Å². The van der Waals surface area contributed by atoms with Crippen LogP contribution in [0.2, 0.25) is 0 Å². The van der Waals surface area contributed by atoms with Crippen molar-refractivity contribution in [1.29, 1.82) is 0 Å². The zero-order valence-electron chi connectivity index (χ0n) is 10.7. The summed E-state index contributed by atoms with van der Waals surface area (Å²) in [7, 11) is 0. The van der Waals surface area contributed by atoms with Crippen LogP contribution in [-0.2, 0) is 6.54 Å². The molecular weight excluding hydrogens is 292 g/mol. The van der Waals surface area contributed by atoms with Crippen LogP contribution in [0.4, 0.5) is 5.13 Å². The van der Waals surface area contributed by atoms with Gasteiger partial charge in [0.25, 0.3) is 5.91 Å². The summed E-state index contributed by atoms with van der Waals surface area (Å²) >= 11 is 2.90. The number of carbonyl (C=O) groups is 1. The molecule has 0 aliphatic heterocycles. The first-order valence-corrected chi connectivity index (χ1v) is 7.62. The van der Waals surface area contributed by atoms with Crippen LogP contribution in [0, 0.1) is 6.92 Å². The van der Waals surface area contributed by atoms with Crippen molar-refractivity contribution in [2.75, 3.05) is 5.73 Å². The van der Waals surface area contributed by atoms with Gasteiger partial charge in [0.2, 0.25) is 5.13 Å². The lowest BCUT2D eigenvalue weighted by Crippen LogP contribution is -2.23. The molecule has 0 saturated heterocycles. The Morgan fingerprint density at radius 1 is 1.30 bits per heavy atom. The van der Waals surface area contributed by atoms with E-state index in [-0.39, 0.29) is 5.91 Å². The second-order valence-corrected chi connectivity index (χ2v) is 6.60. The SMILES string of the molecule is Cc1sc2ccccc2c1C(=O)NCc1nnc(N)s1. The van der Waals surface area contributed by atoms with Crippen LogP contribution >= 0.6 is 22.7 Å². The summed E-state index contributed by atoms with van der Waals surface area (Å²) < 4.78 is 1.12. The molecule has 0 radical (unpaired) electrons. The van der Waals surface area contributed by atoms with Crippen LogP contribution in [0.5, 0.6) is 0 Å². The highest BCUT2D eigenvalue weighted by Gasteiger charge is 2.16. The van der Waals surface area contributed by atoms with Crippen molar-refractivity contribution >= 4 is 43.8 Å². The molecule has 102 valence electrons. The smallest absolute Gasteiger partial charge is 0.253 e. The number of anilines is 1. The molecular formula is C13H12N4OS2. The Balaban J connectivity index is 1.83. The third-order valence-corrected chi connectivity index (χ3v) is 4.72. The van der Waals surface area contributed by atoms with Crippen molar-refractivity contribution in [2.24, 2.45) is 0 Å². The normalized spacial score (nSPS) is 10.8. The zero-order valence-corrected chi connectivity index (χ0v) is 12.3. The largest absolute Gasteiger partial charge is 0.374 e. The highest BCUT2D eigenvalue weighted by atomic mass is 32.1. The van der Waals surface area contributed by atoms with Gasteiger partial charge in [-0.25, -0.2) is 0 Å². The number of nitrogens with zero attached hydrogens (tertiary/aromatic N) is 2. The molecule has 0 atom stereocenters. The summed E-state index contributed by atoms with van der Waals surface area (Å²) in [5, 5.41) is 12.6. The van der Waals surface area contributed by atoms with E-state index in [4.69, 9.17) is 5.73 Å². The molecule has 0 aliphatic rings. The molecule has 2 heterocycles. The second kappa shape index (κ2) is 5.18. The fourth-order valence-electron chi connectivity index (χ4n) is 2.03. The molecule has 3 rings (SSSR count). The lowest BCUT2D eigenvalue weighted by atomic mass is 10.1. The molecule has 1 amide bonds. The maximum absolute atomic E-state index is 12.3. The summed E-state index contributed by atoms with van der Waals surface area (Å²) in [6, 6.07) is 7.91. The maximum atomic E-state index is 12.3. The van der Waals surface area contributed by atoms with Crippen molar-refractivity contribution in [3.8, 4) is 0 Å². The number of nitrogens with two attached hydrogens (primary N) is 1. The van der Waals surface area contributed by atoms with Gasteiger partial charge in [0.05, 0.1) is 12.1 Å². The molecule has 0 spiro atoms. The Labute approximate surface area is 123 Å². The predicted octanol–water partition coefficient (Wildman–Crippen LogP) is 2.57. The van der Waals surface area contributed by atoms with Gasteiger partial charge in [-0.3, -0.25) is 4.79 Å². The van der Waals surface area contributed by atoms with E-state index in [0.717, 1.165) is 20.5 Å². The van der Waals surface area contributed by atoms with Crippen molar-refractivity contribution in [2.45, 2.75) is 13.5 Å². The third-order valence-electron chi connectivity index (χ3n) is 2.88. The fraction of sp³-hybridized carbons (Fsp3) is 0.154. The van der Waals surface area contributed by atoms with Gasteiger partial charge in [-0.1, -0.05) is 29.5 Å². The van der Waals surface area contributed by atoms with E-state index in [9.17, 15) is 4.79 Å². The summed E-state index contributed by atoms with van der Waals surface area (Å²) in [4.78, 5) is 13.4. The van der Waals surface area contributed by atoms with Crippen LogP contribution in [0.3, 0.4) is 0 Å². The van der Waals surface area contributed by atoms with Crippen molar-refractivity contribution < 1.29 is 4.79 Å². The van der Waals surface area contributed by atoms with Crippen LogP contribution < -0.4 is 11.1 Å². The van der Waals surface area contributed by atoms with Gasteiger partial charge < -0.3 is 11.1 Å². The van der Waals surface area contributed by atoms with Crippen LogP contribution in [0.15, 0.2) is 24.3 Å². The number of thiophene rings is 1. The Morgan fingerprint density at radius 3 is 2.85 bits per heavy atom. The number of rotatable bonds is 3. The highest BCUT2D eigenvalue weighted by Crippen LogP contribution is 2.30. The number of nitrogens with one attached hydrogen (secondary N) is 1.